The fourth-order valence-electron chi connectivity index (χ4n) is 2.05. The summed E-state index contributed by atoms with van der Waals surface area (Å²) in [6.45, 7) is 2.80. The lowest BCUT2D eigenvalue weighted by Crippen LogP contribution is -2.60. The van der Waals surface area contributed by atoms with Crippen LogP contribution in [0, 0.1) is 0 Å². The zero-order valence-corrected chi connectivity index (χ0v) is 11.5. The van der Waals surface area contributed by atoms with E-state index in [1.54, 1.807) is 0 Å². The van der Waals surface area contributed by atoms with Gasteiger partial charge in [-0.25, -0.2) is 9.18 Å². The van der Waals surface area contributed by atoms with Crippen LogP contribution in [0.15, 0.2) is 21.9 Å². The van der Waals surface area contributed by atoms with Crippen LogP contribution in [-0.4, -0.2) is 45.4 Å². The maximum absolute atomic E-state index is 14.3. The SMILES string of the molecule is CC1(C)OC[C@@H]([O-])[C@H]([C@@H](O)C(F)n2ccc(=O)[nH]c2=O)O1. The maximum Gasteiger partial charge on any atom is 0.330 e. The summed E-state index contributed by atoms with van der Waals surface area (Å²) in [5, 5.41) is 21.7. The van der Waals surface area contributed by atoms with Crippen molar-refractivity contribution in [1.82, 2.24) is 9.55 Å². The van der Waals surface area contributed by atoms with Crippen LogP contribution >= 0.6 is 0 Å². The molecule has 2 rings (SSSR count). The minimum Gasteiger partial charge on any atom is -0.848 e. The quantitative estimate of drug-likeness (QED) is 0.683. The van der Waals surface area contributed by atoms with E-state index in [2.05, 4.69) is 0 Å². The van der Waals surface area contributed by atoms with Crippen molar-refractivity contribution >= 4 is 0 Å². The van der Waals surface area contributed by atoms with Gasteiger partial charge in [-0.2, -0.15) is 0 Å². The molecule has 1 fully saturated rings. The first-order valence-electron chi connectivity index (χ1n) is 6.32. The van der Waals surface area contributed by atoms with Gasteiger partial charge in [-0.15, -0.1) is 0 Å². The van der Waals surface area contributed by atoms with Gasteiger partial charge in [0.05, 0.1) is 6.10 Å². The Kier molecular flexibility index (Phi) is 4.28. The zero-order valence-electron chi connectivity index (χ0n) is 11.5. The minimum atomic E-state index is -2.23. The Bertz CT molecular complexity index is 612. The van der Waals surface area contributed by atoms with Crippen molar-refractivity contribution in [3.8, 4) is 0 Å². The highest BCUT2D eigenvalue weighted by atomic mass is 19.1. The van der Waals surface area contributed by atoms with Crippen LogP contribution < -0.4 is 16.4 Å². The van der Waals surface area contributed by atoms with E-state index in [9.17, 15) is 24.2 Å². The Morgan fingerprint density at radius 2 is 2.24 bits per heavy atom. The molecule has 0 bridgehead atoms. The van der Waals surface area contributed by atoms with E-state index >= 15 is 0 Å². The van der Waals surface area contributed by atoms with Crippen LogP contribution in [-0.2, 0) is 9.47 Å². The van der Waals surface area contributed by atoms with Gasteiger partial charge in [-0.3, -0.25) is 14.3 Å². The molecule has 2 heterocycles. The van der Waals surface area contributed by atoms with E-state index in [1.807, 2.05) is 4.98 Å². The molecule has 0 aliphatic carbocycles. The summed E-state index contributed by atoms with van der Waals surface area (Å²) in [7, 11) is 0. The third kappa shape index (κ3) is 3.38. The van der Waals surface area contributed by atoms with Gasteiger partial charge in [0.15, 0.2) is 5.79 Å². The Morgan fingerprint density at radius 1 is 1.57 bits per heavy atom. The first kappa shape index (κ1) is 15.8. The molecule has 0 radical (unpaired) electrons. The highest BCUT2D eigenvalue weighted by Crippen LogP contribution is 2.27. The molecule has 9 heteroatoms. The van der Waals surface area contributed by atoms with E-state index in [-0.39, 0.29) is 6.61 Å². The van der Waals surface area contributed by atoms with Crippen molar-refractivity contribution in [2.45, 2.75) is 44.2 Å². The smallest absolute Gasteiger partial charge is 0.330 e. The number of halogens is 1. The number of H-pyrrole nitrogens is 1. The number of ether oxygens (including phenoxy) is 2. The molecule has 1 aliphatic heterocycles. The Morgan fingerprint density at radius 3 is 2.86 bits per heavy atom. The third-order valence-electron chi connectivity index (χ3n) is 3.12. The number of aliphatic hydroxyl groups is 1. The molecule has 118 valence electrons. The lowest BCUT2D eigenvalue weighted by molar-refractivity contribution is -0.490. The number of nitrogens with one attached hydrogen (secondary N) is 1. The molecule has 0 saturated carbocycles. The largest absolute Gasteiger partial charge is 0.848 e. The number of alkyl halides is 1. The topological polar surface area (TPSA) is 117 Å². The Hall–Kier alpha value is -1.55. The molecule has 1 aromatic rings. The first-order chi connectivity index (χ1) is 9.71. The lowest BCUT2D eigenvalue weighted by Gasteiger charge is -2.46. The van der Waals surface area contributed by atoms with Gasteiger partial charge in [-0.05, 0) is 13.8 Å². The summed E-state index contributed by atoms with van der Waals surface area (Å²) < 4.78 is 25.1. The first-order valence-corrected chi connectivity index (χ1v) is 6.32. The maximum atomic E-state index is 14.3. The highest BCUT2D eigenvalue weighted by Gasteiger charge is 2.39. The number of nitrogens with zero attached hydrogens (tertiary/aromatic N) is 1. The van der Waals surface area contributed by atoms with Gasteiger partial charge in [0.25, 0.3) is 5.56 Å². The van der Waals surface area contributed by atoms with Crippen LogP contribution in [0.1, 0.15) is 20.1 Å². The lowest BCUT2D eigenvalue weighted by atomic mass is 10.1. The minimum absolute atomic E-state index is 0.248. The summed E-state index contributed by atoms with van der Waals surface area (Å²) in [5.41, 5.74) is -1.72. The Labute approximate surface area is 118 Å². The molecular formula is C12H16FN2O6-. The number of rotatable bonds is 3. The van der Waals surface area contributed by atoms with Gasteiger partial charge < -0.3 is 19.7 Å². The van der Waals surface area contributed by atoms with Gasteiger partial charge >= 0.3 is 5.69 Å². The second kappa shape index (κ2) is 5.68. The van der Waals surface area contributed by atoms with Gasteiger partial charge in [-0.1, -0.05) is 6.10 Å². The molecular weight excluding hydrogens is 287 g/mol. The predicted molar refractivity (Wildman–Crippen MR) is 66.2 cm³/mol. The number of hydrogen-bond acceptors (Lipinski definition) is 6. The van der Waals surface area contributed by atoms with Crippen molar-refractivity contribution in [2.24, 2.45) is 0 Å². The average Bonchev–Trinajstić information content (AvgIpc) is 2.40. The van der Waals surface area contributed by atoms with E-state index in [1.165, 1.54) is 13.8 Å². The van der Waals surface area contributed by atoms with Gasteiger partial charge in [0, 0.05) is 18.9 Å². The van der Waals surface area contributed by atoms with E-state index in [0.29, 0.717) is 4.57 Å². The molecule has 21 heavy (non-hydrogen) atoms. The highest BCUT2D eigenvalue weighted by molar-refractivity contribution is 4.89. The predicted octanol–water partition coefficient (Wildman–Crippen LogP) is -1.75. The second-order valence-electron chi connectivity index (χ2n) is 5.21. The summed E-state index contributed by atoms with van der Waals surface area (Å²) >= 11 is 0. The monoisotopic (exact) mass is 303 g/mol. The van der Waals surface area contributed by atoms with Crippen LogP contribution in [0.3, 0.4) is 0 Å². The number of aromatic nitrogens is 2. The molecule has 0 aromatic carbocycles. The molecule has 0 spiro atoms. The van der Waals surface area contributed by atoms with Gasteiger partial charge in [0.2, 0.25) is 6.30 Å². The fraction of sp³-hybridized carbons (Fsp3) is 0.667. The molecule has 1 unspecified atom stereocenters. The molecule has 0 amide bonds. The van der Waals surface area contributed by atoms with Crippen molar-refractivity contribution in [1.29, 1.82) is 0 Å². The average molecular weight is 303 g/mol. The van der Waals surface area contributed by atoms with Crippen LogP contribution in [0.2, 0.25) is 0 Å². The Balaban J connectivity index is 2.23. The molecule has 8 nitrogen and oxygen atoms in total. The number of hydrogen-bond donors (Lipinski definition) is 2. The van der Waals surface area contributed by atoms with Crippen molar-refractivity contribution in [3.05, 3.63) is 33.1 Å². The summed E-state index contributed by atoms with van der Waals surface area (Å²) in [5.74, 6) is -1.14. The molecule has 4 atom stereocenters. The summed E-state index contributed by atoms with van der Waals surface area (Å²) in [6.07, 6.45) is -6.09. The summed E-state index contributed by atoms with van der Waals surface area (Å²) in [6, 6.07) is 0.935. The van der Waals surface area contributed by atoms with Crippen LogP contribution in [0.4, 0.5) is 4.39 Å². The summed E-state index contributed by atoms with van der Waals surface area (Å²) in [4.78, 5) is 24.3. The van der Waals surface area contributed by atoms with E-state index in [0.717, 1.165) is 12.3 Å². The fourth-order valence-corrected chi connectivity index (χ4v) is 2.05. The van der Waals surface area contributed by atoms with E-state index in [4.69, 9.17) is 9.47 Å². The zero-order chi connectivity index (χ0) is 15.8. The third-order valence-corrected chi connectivity index (χ3v) is 3.12. The van der Waals surface area contributed by atoms with Crippen LogP contribution in [0.25, 0.3) is 0 Å². The molecule has 1 aliphatic rings. The number of aromatic amines is 1. The molecule has 1 aromatic heterocycles. The second-order valence-corrected chi connectivity index (χ2v) is 5.21. The normalized spacial score (nSPS) is 28.0. The van der Waals surface area contributed by atoms with E-state index < -0.39 is 41.6 Å². The van der Waals surface area contributed by atoms with Crippen molar-refractivity contribution in [2.75, 3.05) is 6.61 Å². The number of aliphatic hydroxyl groups excluding tert-OH is 1. The molecule has 2 N–H and O–H groups in total. The molecule has 1 saturated heterocycles. The van der Waals surface area contributed by atoms with Crippen molar-refractivity contribution in [3.63, 3.8) is 0 Å². The van der Waals surface area contributed by atoms with Crippen LogP contribution in [0.5, 0.6) is 0 Å². The van der Waals surface area contributed by atoms with Crippen molar-refractivity contribution < 1.29 is 24.1 Å². The van der Waals surface area contributed by atoms with Gasteiger partial charge in [0.1, 0.15) is 6.10 Å². The standard InChI is InChI=1S/C12H16FN2O6/c1-12(2)20-5-6(16)9(21-12)8(18)10(13)15-4-3-7(17)14-11(15)19/h3-4,6,8-10,18H,5H2,1-2H3,(H,14,17,19)/q-1/t6-,8-,9-,10?/m1/s1.